The highest BCUT2D eigenvalue weighted by molar-refractivity contribution is 5.95. The van der Waals surface area contributed by atoms with Crippen LogP contribution in [-0.2, 0) is 6.42 Å². The van der Waals surface area contributed by atoms with E-state index in [1.54, 1.807) is 12.3 Å². The topological polar surface area (TPSA) is 56.4 Å². The van der Waals surface area contributed by atoms with E-state index >= 15 is 0 Å². The third kappa shape index (κ3) is 4.34. The summed E-state index contributed by atoms with van der Waals surface area (Å²) in [5.74, 6) is 0.656. The molecule has 0 spiro atoms. The average molecular weight is 353 g/mol. The Hall–Kier alpha value is -2.56. The van der Waals surface area contributed by atoms with Crippen LogP contribution in [0.25, 0.3) is 0 Å². The number of hydrogen-bond donors (Lipinski definition) is 1. The van der Waals surface area contributed by atoms with Gasteiger partial charge in [0.2, 0.25) is 0 Å². The molecule has 0 aliphatic carbocycles. The molecule has 2 heterocycles. The van der Waals surface area contributed by atoms with Gasteiger partial charge in [0.1, 0.15) is 5.69 Å². The van der Waals surface area contributed by atoms with E-state index < -0.39 is 0 Å². The summed E-state index contributed by atoms with van der Waals surface area (Å²) in [6.45, 7) is 6.87. The number of hydrogen-bond acceptors (Lipinski definition) is 2. The summed E-state index contributed by atoms with van der Waals surface area (Å²) in [5, 5.41) is 0. The number of amides is 2. The van der Waals surface area contributed by atoms with Gasteiger partial charge in [-0.2, -0.15) is 0 Å². The molecule has 1 aliphatic heterocycles. The lowest BCUT2D eigenvalue weighted by molar-refractivity contribution is 0.0716. The second-order valence-electron chi connectivity index (χ2n) is 7.32. The average Bonchev–Trinajstić information content (AvgIpc) is 3.05. The van der Waals surface area contributed by atoms with Crippen molar-refractivity contribution in [3.05, 3.63) is 59.4 Å². The Balaban J connectivity index is 1.61. The predicted octanol–water partition coefficient (Wildman–Crippen LogP) is 3.20. The molecule has 1 aliphatic rings. The van der Waals surface area contributed by atoms with Gasteiger partial charge in [-0.05, 0) is 48.6 Å². The molecule has 3 rings (SSSR count). The Labute approximate surface area is 155 Å². The van der Waals surface area contributed by atoms with Gasteiger partial charge in [0, 0.05) is 37.9 Å². The zero-order valence-electron chi connectivity index (χ0n) is 15.6. The van der Waals surface area contributed by atoms with Crippen molar-refractivity contribution in [2.24, 2.45) is 5.92 Å². The number of carbonyl (C=O) groups excluding carboxylic acids is 2. The van der Waals surface area contributed by atoms with Gasteiger partial charge in [-0.15, -0.1) is 0 Å². The molecule has 1 saturated heterocycles. The second kappa shape index (κ2) is 8.21. The maximum atomic E-state index is 12.8. The lowest BCUT2D eigenvalue weighted by atomic mass is 10.0. The van der Waals surface area contributed by atoms with Gasteiger partial charge in [-0.3, -0.25) is 9.59 Å². The van der Waals surface area contributed by atoms with Gasteiger partial charge in [0.05, 0.1) is 0 Å². The third-order valence-corrected chi connectivity index (χ3v) is 4.74. The molecular formula is C21H27N3O2. The van der Waals surface area contributed by atoms with E-state index in [0.717, 1.165) is 18.4 Å². The van der Waals surface area contributed by atoms with E-state index in [1.807, 2.05) is 40.1 Å². The van der Waals surface area contributed by atoms with E-state index in [0.29, 0.717) is 37.8 Å². The first kappa shape index (κ1) is 18.2. The van der Waals surface area contributed by atoms with Crippen molar-refractivity contribution < 1.29 is 9.59 Å². The van der Waals surface area contributed by atoms with Crippen molar-refractivity contribution in [2.45, 2.75) is 26.7 Å². The van der Waals surface area contributed by atoms with Gasteiger partial charge in [0.15, 0.2) is 0 Å². The molecule has 0 saturated carbocycles. The van der Waals surface area contributed by atoms with Crippen molar-refractivity contribution in [2.75, 3.05) is 26.2 Å². The number of aromatic nitrogens is 1. The third-order valence-electron chi connectivity index (χ3n) is 4.74. The van der Waals surface area contributed by atoms with Gasteiger partial charge in [-0.1, -0.05) is 26.0 Å². The number of H-pyrrole nitrogens is 1. The first-order valence-electron chi connectivity index (χ1n) is 9.35. The number of aromatic amines is 1. The predicted molar refractivity (Wildman–Crippen MR) is 102 cm³/mol. The monoisotopic (exact) mass is 353 g/mol. The number of nitrogens with zero attached hydrogens (tertiary/aromatic N) is 2. The van der Waals surface area contributed by atoms with Gasteiger partial charge in [0.25, 0.3) is 11.8 Å². The minimum atomic E-state index is 0.00216. The Bertz CT molecular complexity index is 735. The SMILES string of the molecule is CC(C)Cc1ccc(C(=O)N2CCCN(C(=O)c3ccc[nH]3)CC2)cc1. The Morgan fingerprint density at radius 1 is 0.962 bits per heavy atom. The number of benzene rings is 1. The van der Waals surface area contributed by atoms with Crippen LogP contribution in [0.15, 0.2) is 42.6 Å². The molecule has 5 heteroatoms. The minimum absolute atomic E-state index is 0.00216. The molecule has 0 atom stereocenters. The first-order chi connectivity index (χ1) is 12.5. The van der Waals surface area contributed by atoms with E-state index in [9.17, 15) is 9.59 Å². The molecule has 2 aromatic rings. The van der Waals surface area contributed by atoms with Crippen molar-refractivity contribution in [3.63, 3.8) is 0 Å². The minimum Gasteiger partial charge on any atom is -0.357 e. The standard InChI is InChI=1S/C21H27N3O2/c1-16(2)15-17-6-8-18(9-7-17)20(25)23-11-4-12-24(14-13-23)21(26)19-5-3-10-22-19/h3,5-10,16,22H,4,11-15H2,1-2H3. The number of rotatable bonds is 4. The molecule has 26 heavy (non-hydrogen) atoms. The van der Waals surface area contributed by atoms with Crippen molar-refractivity contribution in [1.82, 2.24) is 14.8 Å². The fourth-order valence-electron chi connectivity index (χ4n) is 3.39. The summed E-state index contributed by atoms with van der Waals surface area (Å²) in [4.78, 5) is 31.9. The molecule has 2 amide bonds. The molecule has 1 aromatic heterocycles. The lowest BCUT2D eigenvalue weighted by Crippen LogP contribution is -2.37. The highest BCUT2D eigenvalue weighted by Crippen LogP contribution is 2.14. The van der Waals surface area contributed by atoms with Crippen LogP contribution in [0.2, 0.25) is 0 Å². The number of nitrogens with one attached hydrogen (secondary N) is 1. The summed E-state index contributed by atoms with van der Waals surface area (Å²) in [6, 6.07) is 11.6. The van der Waals surface area contributed by atoms with Crippen LogP contribution >= 0.6 is 0 Å². The van der Waals surface area contributed by atoms with Crippen LogP contribution in [0.1, 0.15) is 46.7 Å². The molecule has 138 valence electrons. The fourth-order valence-corrected chi connectivity index (χ4v) is 3.39. The van der Waals surface area contributed by atoms with Crippen molar-refractivity contribution >= 4 is 11.8 Å². The molecule has 1 N–H and O–H groups in total. The quantitative estimate of drug-likeness (QED) is 0.918. The highest BCUT2D eigenvalue weighted by atomic mass is 16.2. The summed E-state index contributed by atoms with van der Waals surface area (Å²) < 4.78 is 0. The van der Waals surface area contributed by atoms with Crippen LogP contribution in [0.4, 0.5) is 0 Å². The maximum absolute atomic E-state index is 12.8. The Morgan fingerprint density at radius 3 is 2.19 bits per heavy atom. The van der Waals surface area contributed by atoms with E-state index in [-0.39, 0.29) is 11.8 Å². The first-order valence-corrected chi connectivity index (χ1v) is 9.35. The summed E-state index contributed by atoms with van der Waals surface area (Å²) >= 11 is 0. The van der Waals surface area contributed by atoms with Crippen molar-refractivity contribution in [1.29, 1.82) is 0 Å². The highest BCUT2D eigenvalue weighted by Gasteiger charge is 2.23. The largest absolute Gasteiger partial charge is 0.357 e. The molecule has 0 unspecified atom stereocenters. The normalized spacial score (nSPS) is 15.2. The van der Waals surface area contributed by atoms with E-state index in [2.05, 4.69) is 18.8 Å². The maximum Gasteiger partial charge on any atom is 0.270 e. The molecule has 5 nitrogen and oxygen atoms in total. The Morgan fingerprint density at radius 2 is 1.62 bits per heavy atom. The molecule has 0 bridgehead atoms. The second-order valence-corrected chi connectivity index (χ2v) is 7.32. The van der Waals surface area contributed by atoms with Crippen LogP contribution in [0.3, 0.4) is 0 Å². The summed E-state index contributed by atoms with van der Waals surface area (Å²) in [5.41, 5.74) is 2.59. The molecular weight excluding hydrogens is 326 g/mol. The smallest absolute Gasteiger partial charge is 0.270 e. The van der Waals surface area contributed by atoms with Crippen molar-refractivity contribution in [3.8, 4) is 0 Å². The molecule has 0 radical (unpaired) electrons. The van der Waals surface area contributed by atoms with Crippen LogP contribution in [-0.4, -0.2) is 52.8 Å². The molecule has 1 fully saturated rings. The van der Waals surface area contributed by atoms with Crippen LogP contribution in [0, 0.1) is 5.92 Å². The fraction of sp³-hybridized carbons (Fsp3) is 0.429. The van der Waals surface area contributed by atoms with Gasteiger partial charge >= 0.3 is 0 Å². The van der Waals surface area contributed by atoms with Crippen LogP contribution < -0.4 is 0 Å². The zero-order valence-corrected chi connectivity index (χ0v) is 15.6. The summed E-state index contributed by atoms with van der Waals surface area (Å²) in [7, 11) is 0. The summed E-state index contributed by atoms with van der Waals surface area (Å²) in [6.07, 6.45) is 3.57. The Kier molecular flexibility index (Phi) is 5.76. The number of carbonyl (C=O) groups is 2. The van der Waals surface area contributed by atoms with Crippen LogP contribution in [0.5, 0.6) is 0 Å². The van der Waals surface area contributed by atoms with Gasteiger partial charge < -0.3 is 14.8 Å². The van der Waals surface area contributed by atoms with E-state index in [4.69, 9.17) is 0 Å². The molecule has 1 aromatic carbocycles. The van der Waals surface area contributed by atoms with Gasteiger partial charge in [-0.25, -0.2) is 0 Å². The zero-order chi connectivity index (χ0) is 18.5. The lowest BCUT2D eigenvalue weighted by Gasteiger charge is -2.22. The van der Waals surface area contributed by atoms with E-state index in [1.165, 1.54) is 5.56 Å².